The summed E-state index contributed by atoms with van der Waals surface area (Å²) in [5.74, 6) is 0. The molecule has 0 spiro atoms. The van der Waals surface area contributed by atoms with Gasteiger partial charge in [-0.1, -0.05) is 42.3 Å². The molecule has 0 radical (unpaired) electrons. The van der Waals surface area contributed by atoms with Crippen molar-refractivity contribution in [1.29, 1.82) is 0 Å². The zero-order valence-corrected chi connectivity index (χ0v) is 11.2. The molecule has 96 valence electrons. The molecule has 0 amide bonds. The van der Waals surface area contributed by atoms with Crippen LogP contribution >= 0.6 is 11.6 Å². The number of benzene rings is 1. The van der Waals surface area contributed by atoms with Gasteiger partial charge in [0.2, 0.25) is 0 Å². The van der Waals surface area contributed by atoms with Crippen LogP contribution in [0.15, 0.2) is 24.3 Å². The van der Waals surface area contributed by atoms with Crippen LogP contribution in [0.3, 0.4) is 0 Å². The minimum absolute atomic E-state index is 0.383. The van der Waals surface area contributed by atoms with Crippen molar-refractivity contribution in [3.8, 4) is 11.3 Å². The van der Waals surface area contributed by atoms with E-state index in [2.05, 4.69) is 17.2 Å². The number of halogens is 1. The van der Waals surface area contributed by atoms with Crippen molar-refractivity contribution in [2.24, 2.45) is 5.73 Å². The van der Waals surface area contributed by atoms with E-state index in [-0.39, 0.29) is 0 Å². The number of nitrogens with zero attached hydrogens (tertiary/aromatic N) is 3. The van der Waals surface area contributed by atoms with E-state index in [4.69, 9.17) is 17.3 Å². The third-order valence-electron chi connectivity index (χ3n) is 2.82. The minimum atomic E-state index is 0.383. The van der Waals surface area contributed by atoms with E-state index in [0.29, 0.717) is 11.6 Å². The topological polar surface area (TPSA) is 56.7 Å². The van der Waals surface area contributed by atoms with Gasteiger partial charge in [-0.15, -0.1) is 5.10 Å². The highest BCUT2D eigenvalue weighted by atomic mass is 35.5. The first-order chi connectivity index (χ1) is 8.76. The second kappa shape index (κ2) is 5.98. The van der Waals surface area contributed by atoms with Crippen LogP contribution in [-0.2, 0) is 13.1 Å². The Hall–Kier alpha value is -1.39. The predicted octanol–water partition coefficient (Wildman–Crippen LogP) is 2.86. The summed E-state index contributed by atoms with van der Waals surface area (Å²) in [5.41, 5.74) is 8.53. The predicted molar refractivity (Wildman–Crippen MR) is 73.3 cm³/mol. The monoisotopic (exact) mass is 264 g/mol. The van der Waals surface area contributed by atoms with Gasteiger partial charge in [0.05, 0.1) is 5.69 Å². The van der Waals surface area contributed by atoms with Crippen molar-refractivity contribution >= 4 is 11.6 Å². The molecule has 4 nitrogen and oxygen atoms in total. The number of rotatable bonds is 5. The smallest absolute Gasteiger partial charge is 0.104 e. The van der Waals surface area contributed by atoms with Gasteiger partial charge >= 0.3 is 0 Å². The molecule has 18 heavy (non-hydrogen) atoms. The molecule has 2 N–H and O–H groups in total. The molecule has 0 bridgehead atoms. The van der Waals surface area contributed by atoms with Gasteiger partial charge < -0.3 is 5.73 Å². The Balaban J connectivity index is 2.43. The molecule has 0 aliphatic heterocycles. The van der Waals surface area contributed by atoms with Crippen LogP contribution in [0.25, 0.3) is 11.3 Å². The molecule has 2 aromatic rings. The van der Waals surface area contributed by atoms with E-state index < -0.39 is 0 Å². The lowest BCUT2D eigenvalue weighted by Gasteiger charge is -2.07. The van der Waals surface area contributed by atoms with Crippen molar-refractivity contribution in [2.75, 3.05) is 0 Å². The first-order valence-electron chi connectivity index (χ1n) is 6.14. The number of aryl methyl sites for hydroxylation is 1. The molecule has 0 saturated heterocycles. The third-order valence-corrected chi connectivity index (χ3v) is 3.05. The second-order valence-electron chi connectivity index (χ2n) is 4.18. The second-order valence-corrected chi connectivity index (χ2v) is 4.61. The normalized spacial score (nSPS) is 10.8. The van der Waals surface area contributed by atoms with E-state index >= 15 is 0 Å². The summed E-state index contributed by atoms with van der Waals surface area (Å²) in [6.07, 6.45) is 2.19. The maximum atomic E-state index is 6.03. The molecule has 0 unspecified atom stereocenters. The van der Waals surface area contributed by atoms with E-state index in [1.807, 2.05) is 28.9 Å². The van der Waals surface area contributed by atoms with Crippen LogP contribution in [0.2, 0.25) is 5.02 Å². The van der Waals surface area contributed by atoms with Crippen molar-refractivity contribution in [2.45, 2.75) is 32.9 Å². The largest absolute Gasteiger partial charge is 0.325 e. The van der Waals surface area contributed by atoms with Crippen molar-refractivity contribution in [3.05, 3.63) is 35.0 Å². The maximum absolute atomic E-state index is 6.03. The standard InChI is InChI=1S/C13H17ClN4/c1-2-3-7-18-13(12(9-15)16-17-18)10-5-4-6-11(14)8-10/h4-6,8H,2-3,7,9,15H2,1H3. The molecule has 5 heteroatoms. The van der Waals surface area contributed by atoms with Crippen molar-refractivity contribution in [3.63, 3.8) is 0 Å². The SMILES string of the molecule is CCCCn1nnc(CN)c1-c1cccc(Cl)c1. The molecular weight excluding hydrogens is 248 g/mol. The number of aromatic nitrogens is 3. The highest BCUT2D eigenvalue weighted by Crippen LogP contribution is 2.25. The van der Waals surface area contributed by atoms with Gasteiger partial charge in [-0.05, 0) is 18.6 Å². The quantitative estimate of drug-likeness (QED) is 0.903. The number of hydrogen-bond acceptors (Lipinski definition) is 3. The van der Waals surface area contributed by atoms with Crippen LogP contribution < -0.4 is 5.73 Å². The van der Waals surface area contributed by atoms with E-state index in [1.54, 1.807) is 0 Å². The molecule has 1 heterocycles. The average molecular weight is 265 g/mol. The summed E-state index contributed by atoms with van der Waals surface area (Å²) in [4.78, 5) is 0. The Morgan fingerprint density at radius 3 is 2.89 bits per heavy atom. The first kappa shape index (κ1) is 13.1. The minimum Gasteiger partial charge on any atom is -0.325 e. The summed E-state index contributed by atoms with van der Waals surface area (Å²) in [6.45, 7) is 3.39. The van der Waals surface area contributed by atoms with Crippen LogP contribution in [0.1, 0.15) is 25.5 Å². The van der Waals surface area contributed by atoms with Gasteiger partial charge in [-0.2, -0.15) is 0 Å². The Morgan fingerprint density at radius 1 is 1.39 bits per heavy atom. The van der Waals surface area contributed by atoms with E-state index in [0.717, 1.165) is 36.3 Å². The van der Waals surface area contributed by atoms with Crippen LogP contribution in [0.5, 0.6) is 0 Å². The lowest BCUT2D eigenvalue weighted by molar-refractivity contribution is 0.557. The van der Waals surface area contributed by atoms with Gasteiger partial charge in [0.1, 0.15) is 5.69 Å². The zero-order valence-electron chi connectivity index (χ0n) is 10.4. The number of nitrogens with two attached hydrogens (primary N) is 1. The van der Waals surface area contributed by atoms with Gasteiger partial charge in [0.15, 0.2) is 0 Å². The summed E-state index contributed by atoms with van der Waals surface area (Å²) < 4.78 is 1.91. The molecule has 1 aromatic heterocycles. The molecule has 0 fully saturated rings. The third kappa shape index (κ3) is 2.71. The fourth-order valence-electron chi connectivity index (χ4n) is 1.90. The fourth-order valence-corrected chi connectivity index (χ4v) is 2.09. The van der Waals surface area contributed by atoms with Gasteiger partial charge in [-0.3, -0.25) is 0 Å². The molecule has 0 aliphatic rings. The summed E-state index contributed by atoms with van der Waals surface area (Å²) >= 11 is 6.03. The highest BCUT2D eigenvalue weighted by molar-refractivity contribution is 6.30. The summed E-state index contributed by atoms with van der Waals surface area (Å²) in [7, 11) is 0. The molecule has 0 atom stereocenters. The van der Waals surface area contributed by atoms with E-state index in [9.17, 15) is 0 Å². The molecule has 0 saturated carbocycles. The van der Waals surface area contributed by atoms with Gasteiger partial charge in [-0.25, -0.2) is 4.68 Å². The molecule has 1 aromatic carbocycles. The highest BCUT2D eigenvalue weighted by Gasteiger charge is 2.13. The average Bonchev–Trinajstić information content (AvgIpc) is 2.79. The summed E-state index contributed by atoms with van der Waals surface area (Å²) in [5, 5.41) is 9.02. The fraction of sp³-hybridized carbons (Fsp3) is 0.385. The lowest BCUT2D eigenvalue weighted by Crippen LogP contribution is -2.04. The Bertz CT molecular complexity index is 521. The Kier molecular flexibility index (Phi) is 4.33. The number of unbranched alkanes of at least 4 members (excludes halogenated alkanes) is 1. The molecular formula is C13H17ClN4. The van der Waals surface area contributed by atoms with Gasteiger partial charge in [0.25, 0.3) is 0 Å². The Morgan fingerprint density at radius 2 is 2.22 bits per heavy atom. The van der Waals surface area contributed by atoms with Gasteiger partial charge in [0, 0.05) is 23.7 Å². The lowest BCUT2D eigenvalue weighted by atomic mass is 10.1. The van der Waals surface area contributed by atoms with E-state index in [1.165, 1.54) is 0 Å². The molecule has 0 aliphatic carbocycles. The zero-order chi connectivity index (χ0) is 13.0. The Labute approximate surface area is 112 Å². The van der Waals surface area contributed by atoms with Crippen molar-refractivity contribution < 1.29 is 0 Å². The van der Waals surface area contributed by atoms with Crippen molar-refractivity contribution in [1.82, 2.24) is 15.0 Å². The molecule has 2 rings (SSSR count). The number of hydrogen-bond donors (Lipinski definition) is 1. The van der Waals surface area contributed by atoms with Crippen LogP contribution in [-0.4, -0.2) is 15.0 Å². The first-order valence-corrected chi connectivity index (χ1v) is 6.52. The maximum Gasteiger partial charge on any atom is 0.104 e. The van der Waals surface area contributed by atoms with Crippen LogP contribution in [0, 0.1) is 0 Å². The summed E-state index contributed by atoms with van der Waals surface area (Å²) in [6, 6.07) is 7.70. The van der Waals surface area contributed by atoms with Crippen LogP contribution in [0.4, 0.5) is 0 Å².